The van der Waals surface area contributed by atoms with Crippen molar-refractivity contribution in [2.24, 2.45) is 0 Å². The molecule has 1 heterocycles. The number of imide groups is 1. The van der Waals surface area contributed by atoms with Gasteiger partial charge >= 0.3 is 0 Å². The lowest BCUT2D eigenvalue weighted by Gasteiger charge is -2.17. The number of aldehydes is 2. The van der Waals surface area contributed by atoms with Crippen LogP contribution in [0.3, 0.4) is 0 Å². The van der Waals surface area contributed by atoms with Crippen molar-refractivity contribution < 1.29 is 24.0 Å². The van der Waals surface area contributed by atoms with Gasteiger partial charge in [0.25, 0.3) is 11.8 Å². The van der Waals surface area contributed by atoms with Crippen LogP contribution in [0.15, 0.2) is 0 Å². The van der Waals surface area contributed by atoms with Crippen molar-refractivity contribution in [3.63, 3.8) is 0 Å². The Morgan fingerprint density at radius 1 is 1.27 bits per heavy atom. The van der Waals surface area contributed by atoms with Crippen LogP contribution in [0.25, 0.3) is 0 Å². The monoisotopic (exact) mass is 213 g/mol. The molecule has 1 rings (SSSR count). The SMILES string of the molecule is O=CCCC(C=O)ON1C(=O)CCC1=O. The van der Waals surface area contributed by atoms with E-state index in [9.17, 15) is 19.2 Å². The van der Waals surface area contributed by atoms with Crippen molar-refractivity contribution in [1.29, 1.82) is 0 Å². The van der Waals surface area contributed by atoms with Crippen LogP contribution in [0.5, 0.6) is 0 Å². The molecular formula is C9H11NO5. The van der Waals surface area contributed by atoms with E-state index in [1.807, 2.05) is 0 Å². The fourth-order valence-corrected chi connectivity index (χ4v) is 1.19. The van der Waals surface area contributed by atoms with Gasteiger partial charge in [0.1, 0.15) is 12.4 Å². The maximum atomic E-state index is 11.1. The van der Waals surface area contributed by atoms with E-state index in [1.165, 1.54) is 0 Å². The van der Waals surface area contributed by atoms with E-state index in [-0.39, 0.29) is 25.7 Å². The zero-order chi connectivity index (χ0) is 11.3. The van der Waals surface area contributed by atoms with Gasteiger partial charge in [-0.15, -0.1) is 0 Å². The van der Waals surface area contributed by atoms with Crippen LogP contribution < -0.4 is 0 Å². The highest BCUT2D eigenvalue weighted by Crippen LogP contribution is 2.14. The number of hydroxylamine groups is 2. The minimum absolute atomic E-state index is 0.109. The largest absolute Gasteiger partial charge is 0.303 e. The Morgan fingerprint density at radius 2 is 1.87 bits per heavy atom. The van der Waals surface area contributed by atoms with Gasteiger partial charge in [-0.05, 0) is 6.42 Å². The minimum atomic E-state index is -0.916. The second-order valence-corrected chi connectivity index (χ2v) is 3.11. The summed E-state index contributed by atoms with van der Waals surface area (Å²) < 4.78 is 0. The molecule has 1 unspecified atom stereocenters. The molecule has 2 amide bonds. The summed E-state index contributed by atoms with van der Waals surface area (Å²) >= 11 is 0. The molecule has 1 saturated heterocycles. The average molecular weight is 213 g/mol. The zero-order valence-electron chi connectivity index (χ0n) is 8.05. The summed E-state index contributed by atoms with van der Waals surface area (Å²) in [5, 5.41) is 0.615. The summed E-state index contributed by atoms with van der Waals surface area (Å²) in [5.41, 5.74) is 0. The zero-order valence-corrected chi connectivity index (χ0v) is 8.05. The second-order valence-electron chi connectivity index (χ2n) is 3.11. The van der Waals surface area contributed by atoms with Gasteiger partial charge in [0.2, 0.25) is 0 Å². The standard InChI is InChI=1S/C9H11NO5/c11-5-1-2-7(6-12)15-10-8(13)3-4-9(10)14/h5-7H,1-4H2. The Balaban J connectivity index is 2.50. The molecule has 1 atom stereocenters. The number of rotatable bonds is 6. The average Bonchev–Trinajstić information content (AvgIpc) is 2.55. The fraction of sp³-hybridized carbons (Fsp3) is 0.556. The van der Waals surface area contributed by atoms with Crippen molar-refractivity contribution >= 4 is 24.4 Å². The number of amides is 2. The van der Waals surface area contributed by atoms with Gasteiger partial charge in [-0.25, -0.2) is 0 Å². The van der Waals surface area contributed by atoms with Crippen molar-refractivity contribution in [1.82, 2.24) is 5.06 Å². The minimum Gasteiger partial charge on any atom is -0.303 e. The van der Waals surface area contributed by atoms with Gasteiger partial charge in [-0.3, -0.25) is 14.4 Å². The number of nitrogens with zero attached hydrogens (tertiary/aromatic N) is 1. The van der Waals surface area contributed by atoms with Crippen LogP contribution >= 0.6 is 0 Å². The lowest BCUT2D eigenvalue weighted by Crippen LogP contribution is -2.34. The Hall–Kier alpha value is -1.56. The van der Waals surface area contributed by atoms with E-state index >= 15 is 0 Å². The quantitative estimate of drug-likeness (QED) is 0.443. The topological polar surface area (TPSA) is 80.8 Å². The molecule has 0 aromatic heterocycles. The summed E-state index contributed by atoms with van der Waals surface area (Å²) in [6.45, 7) is 0. The molecule has 0 bridgehead atoms. The lowest BCUT2D eigenvalue weighted by atomic mass is 10.2. The first-order valence-corrected chi connectivity index (χ1v) is 4.60. The normalized spacial score (nSPS) is 18.0. The summed E-state index contributed by atoms with van der Waals surface area (Å²) in [7, 11) is 0. The summed E-state index contributed by atoms with van der Waals surface area (Å²) in [6, 6.07) is 0. The van der Waals surface area contributed by atoms with Gasteiger partial charge in [-0.1, -0.05) is 0 Å². The van der Waals surface area contributed by atoms with E-state index in [1.54, 1.807) is 0 Å². The molecule has 0 radical (unpaired) electrons. The molecule has 1 aliphatic rings. The van der Waals surface area contributed by atoms with Crippen LogP contribution in [-0.4, -0.2) is 35.6 Å². The van der Waals surface area contributed by atoms with E-state index < -0.39 is 17.9 Å². The first-order chi connectivity index (χ1) is 7.19. The van der Waals surface area contributed by atoms with Crippen molar-refractivity contribution in [3.8, 4) is 0 Å². The molecule has 1 fully saturated rings. The van der Waals surface area contributed by atoms with Gasteiger partial charge in [0, 0.05) is 19.3 Å². The van der Waals surface area contributed by atoms with E-state index in [0.717, 1.165) is 0 Å². The molecule has 0 spiro atoms. The number of hydrogen-bond donors (Lipinski definition) is 0. The third-order valence-corrected chi connectivity index (χ3v) is 1.97. The number of carbonyl (C=O) groups is 4. The van der Waals surface area contributed by atoms with Gasteiger partial charge in [0.05, 0.1) is 0 Å². The Bertz CT molecular complexity index is 272. The van der Waals surface area contributed by atoms with Crippen molar-refractivity contribution in [2.45, 2.75) is 31.8 Å². The lowest BCUT2D eigenvalue weighted by molar-refractivity contribution is -0.200. The molecule has 0 aliphatic carbocycles. The van der Waals surface area contributed by atoms with Crippen LogP contribution in [0.1, 0.15) is 25.7 Å². The van der Waals surface area contributed by atoms with E-state index in [2.05, 4.69) is 0 Å². The first-order valence-electron chi connectivity index (χ1n) is 4.60. The highest BCUT2D eigenvalue weighted by atomic mass is 16.7. The predicted octanol–water partition coefficient (Wildman–Crippen LogP) is -0.386. The summed E-state index contributed by atoms with van der Waals surface area (Å²) in [6.07, 6.45) is 0.747. The smallest absolute Gasteiger partial charge is 0.254 e. The highest BCUT2D eigenvalue weighted by molar-refractivity contribution is 6.00. The molecule has 82 valence electrons. The molecule has 6 heteroatoms. The predicted molar refractivity (Wildman–Crippen MR) is 47.3 cm³/mol. The Kier molecular flexibility index (Phi) is 4.11. The third-order valence-electron chi connectivity index (χ3n) is 1.97. The second kappa shape index (κ2) is 5.35. The first kappa shape index (κ1) is 11.5. The van der Waals surface area contributed by atoms with Crippen LogP contribution in [0.2, 0.25) is 0 Å². The fourth-order valence-electron chi connectivity index (χ4n) is 1.19. The summed E-state index contributed by atoms with van der Waals surface area (Å²) in [5.74, 6) is -0.893. The number of carbonyl (C=O) groups excluding carboxylic acids is 4. The molecule has 0 aromatic rings. The van der Waals surface area contributed by atoms with Gasteiger partial charge in [0.15, 0.2) is 6.29 Å². The molecule has 6 nitrogen and oxygen atoms in total. The molecule has 0 aromatic carbocycles. The van der Waals surface area contributed by atoms with Crippen molar-refractivity contribution in [3.05, 3.63) is 0 Å². The maximum absolute atomic E-state index is 11.1. The third kappa shape index (κ3) is 2.95. The van der Waals surface area contributed by atoms with Crippen LogP contribution in [-0.2, 0) is 24.0 Å². The Morgan fingerprint density at radius 3 is 2.33 bits per heavy atom. The molecule has 0 N–H and O–H groups in total. The van der Waals surface area contributed by atoms with Crippen molar-refractivity contribution in [2.75, 3.05) is 0 Å². The maximum Gasteiger partial charge on any atom is 0.254 e. The van der Waals surface area contributed by atoms with Crippen LogP contribution in [0, 0.1) is 0 Å². The van der Waals surface area contributed by atoms with Crippen LogP contribution in [0.4, 0.5) is 0 Å². The van der Waals surface area contributed by atoms with Gasteiger partial charge < -0.3 is 9.59 Å². The number of hydrogen-bond acceptors (Lipinski definition) is 5. The van der Waals surface area contributed by atoms with Gasteiger partial charge in [-0.2, -0.15) is 5.06 Å². The highest BCUT2D eigenvalue weighted by Gasteiger charge is 2.32. The summed E-state index contributed by atoms with van der Waals surface area (Å²) in [4.78, 5) is 47.7. The molecular weight excluding hydrogens is 202 g/mol. The Labute approximate surface area is 86.1 Å². The molecule has 15 heavy (non-hydrogen) atoms. The van der Waals surface area contributed by atoms with E-state index in [0.29, 0.717) is 17.6 Å². The van der Waals surface area contributed by atoms with E-state index in [4.69, 9.17) is 4.84 Å². The molecule has 1 aliphatic heterocycles. The molecule has 0 saturated carbocycles.